The minimum absolute atomic E-state index is 0.0328. The summed E-state index contributed by atoms with van der Waals surface area (Å²) in [5.41, 5.74) is -1.87. The molecule has 4 rings (SSSR count). The first-order chi connectivity index (χ1) is 16.4. The molecular formula is C20H15ClF3N7O3S. The standard InChI is InChI=1S/C20H15ClF3N7O3S/c1-11-7-13(35(2,33)34)3-4-16(11)30-17(20(22,23)24)14(10-28-30)19(32)29-12-8-15(21)18(25-9-12)31-26-5-6-27-31/h3-10H,1-2H3,(H,29,32). The zero-order valence-electron chi connectivity index (χ0n) is 17.9. The second-order valence-electron chi connectivity index (χ2n) is 7.34. The van der Waals surface area contributed by atoms with Crippen molar-refractivity contribution in [3.8, 4) is 11.5 Å². The maximum absolute atomic E-state index is 14.0. The predicted molar refractivity (Wildman–Crippen MR) is 119 cm³/mol. The number of aryl methyl sites for hydroxylation is 1. The lowest BCUT2D eigenvalue weighted by Gasteiger charge is -2.15. The first-order valence-electron chi connectivity index (χ1n) is 9.66. The van der Waals surface area contributed by atoms with Crippen molar-refractivity contribution in [2.75, 3.05) is 11.6 Å². The van der Waals surface area contributed by atoms with Crippen LogP contribution in [0.3, 0.4) is 0 Å². The summed E-state index contributed by atoms with van der Waals surface area (Å²) in [4.78, 5) is 17.9. The van der Waals surface area contributed by atoms with Gasteiger partial charge in [-0.25, -0.2) is 18.1 Å². The second kappa shape index (κ2) is 8.78. The summed E-state index contributed by atoms with van der Waals surface area (Å²) < 4.78 is 66.1. The van der Waals surface area contributed by atoms with E-state index in [9.17, 15) is 26.4 Å². The van der Waals surface area contributed by atoms with Gasteiger partial charge in [0.15, 0.2) is 21.3 Å². The molecule has 0 atom stereocenters. The molecule has 0 aliphatic carbocycles. The highest BCUT2D eigenvalue weighted by atomic mass is 35.5. The van der Waals surface area contributed by atoms with Crippen molar-refractivity contribution in [3.05, 3.63) is 70.9 Å². The van der Waals surface area contributed by atoms with Crippen LogP contribution < -0.4 is 5.32 Å². The van der Waals surface area contributed by atoms with Gasteiger partial charge in [0, 0.05) is 6.26 Å². The average molecular weight is 526 g/mol. The van der Waals surface area contributed by atoms with Crippen LogP contribution in [0, 0.1) is 6.92 Å². The van der Waals surface area contributed by atoms with E-state index < -0.39 is 33.2 Å². The van der Waals surface area contributed by atoms with Gasteiger partial charge >= 0.3 is 6.18 Å². The van der Waals surface area contributed by atoms with Crippen molar-refractivity contribution >= 4 is 33.0 Å². The van der Waals surface area contributed by atoms with Crippen LogP contribution in [-0.2, 0) is 16.0 Å². The number of nitrogens with zero attached hydrogens (tertiary/aromatic N) is 6. The van der Waals surface area contributed by atoms with Crippen LogP contribution in [0.1, 0.15) is 21.6 Å². The molecule has 0 unspecified atom stereocenters. The quantitative estimate of drug-likeness (QED) is 0.423. The van der Waals surface area contributed by atoms with Gasteiger partial charge in [-0.2, -0.15) is 28.5 Å². The van der Waals surface area contributed by atoms with Crippen molar-refractivity contribution in [2.24, 2.45) is 0 Å². The average Bonchev–Trinajstić information content (AvgIpc) is 3.43. The van der Waals surface area contributed by atoms with E-state index in [2.05, 4.69) is 25.6 Å². The Morgan fingerprint density at radius 3 is 2.34 bits per heavy atom. The summed E-state index contributed by atoms with van der Waals surface area (Å²) in [7, 11) is -3.57. The Balaban J connectivity index is 1.70. The molecule has 1 aromatic carbocycles. The lowest BCUT2D eigenvalue weighted by atomic mass is 10.1. The fourth-order valence-electron chi connectivity index (χ4n) is 3.24. The van der Waals surface area contributed by atoms with Crippen LogP contribution in [0.25, 0.3) is 11.5 Å². The first kappa shape index (κ1) is 24.3. The van der Waals surface area contributed by atoms with Crippen LogP contribution in [0.15, 0.2) is 53.9 Å². The van der Waals surface area contributed by atoms with Crippen molar-refractivity contribution in [3.63, 3.8) is 0 Å². The Morgan fingerprint density at radius 2 is 1.77 bits per heavy atom. The Bertz CT molecular complexity index is 1530. The summed E-state index contributed by atoms with van der Waals surface area (Å²) in [6.07, 6.45) is 0.795. The zero-order valence-corrected chi connectivity index (χ0v) is 19.5. The van der Waals surface area contributed by atoms with E-state index >= 15 is 0 Å². The van der Waals surface area contributed by atoms with E-state index in [1.807, 2.05) is 0 Å². The molecule has 10 nitrogen and oxygen atoms in total. The summed E-state index contributed by atoms with van der Waals surface area (Å²) in [6, 6.07) is 4.89. The number of amides is 1. The molecule has 3 heterocycles. The molecule has 15 heteroatoms. The SMILES string of the molecule is Cc1cc(S(C)(=O)=O)ccc1-n1ncc(C(=O)Nc2cnc(-n3nccn3)c(Cl)c2)c1C(F)(F)F. The Labute approximate surface area is 201 Å². The molecular weight excluding hydrogens is 511 g/mol. The fraction of sp³-hybridized carbons (Fsp3) is 0.150. The highest BCUT2D eigenvalue weighted by Gasteiger charge is 2.41. The number of anilines is 1. The molecule has 35 heavy (non-hydrogen) atoms. The zero-order chi connectivity index (χ0) is 25.5. The third-order valence-corrected chi connectivity index (χ3v) is 6.18. The van der Waals surface area contributed by atoms with Gasteiger partial charge in [0.2, 0.25) is 0 Å². The number of hydrogen-bond acceptors (Lipinski definition) is 7. The molecule has 0 aliphatic rings. The first-order valence-corrected chi connectivity index (χ1v) is 11.9. The number of pyridine rings is 1. The van der Waals surface area contributed by atoms with Crippen LogP contribution >= 0.6 is 11.6 Å². The van der Waals surface area contributed by atoms with E-state index in [1.165, 1.54) is 49.8 Å². The van der Waals surface area contributed by atoms with E-state index in [1.54, 1.807) is 0 Å². The van der Waals surface area contributed by atoms with E-state index in [0.29, 0.717) is 4.68 Å². The number of carbonyl (C=O) groups is 1. The van der Waals surface area contributed by atoms with Gasteiger partial charge in [-0.3, -0.25) is 4.79 Å². The number of hydrogen-bond donors (Lipinski definition) is 1. The van der Waals surface area contributed by atoms with Gasteiger partial charge in [-0.15, -0.1) is 4.80 Å². The predicted octanol–water partition coefficient (Wildman–Crippen LogP) is 3.48. The van der Waals surface area contributed by atoms with Crippen LogP contribution in [-0.4, -0.2) is 50.3 Å². The van der Waals surface area contributed by atoms with Gasteiger partial charge in [0.05, 0.1) is 51.6 Å². The molecule has 0 bridgehead atoms. The molecule has 0 spiro atoms. The summed E-state index contributed by atoms with van der Waals surface area (Å²) in [6.45, 7) is 1.44. The number of alkyl halides is 3. The highest BCUT2D eigenvalue weighted by Crippen LogP contribution is 2.35. The molecule has 1 N–H and O–H groups in total. The maximum atomic E-state index is 14.0. The van der Waals surface area contributed by atoms with Gasteiger partial charge in [0.1, 0.15) is 0 Å². The lowest BCUT2D eigenvalue weighted by Crippen LogP contribution is -2.21. The third kappa shape index (κ3) is 4.88. The smallest absolute Gasteiger partial charge is 0.320 e. The molecule has 0 radical (unpaired) electrons. The van der Waals surface area contributed by atoms with E-state index in [-0.39, 0.29) is 32.7 Å². The minimum atomic E-state index is -4.96. The van der Waals surface area contributed by atoms with Crippen LogP contribution in [0.5, 0.6) is 0 Å². The lowest BCUT2D eigenvalue weighted by molar-refractivity contribution is -0.143. The van der Waals surface area contributed by atoms with E-state index in [0.717, 1.165) is 17.2 Å². The number of rotatable bonds is 5. The van der Waals surface area contributed by atoms with Gasteiger partial charge in [-0.05, 0) is 36.8 Å². The molecule has 182 valence electrons. The molecule has 4 aromatic rings. The van der Waals surface area contributed by atoms with E-state index in [4.69, 9.17) is 11.6 Å². The highest BCUT2D eigenvalue weighted by molar-refractivity contribution is 7.90. The summed E-state index contributed by atoms with van der Waals surface area (Å²) in [5.74, 6) is -0.941. The molecule has 0 saturated carbocycles. The molecule has 1 amide bonds. The Hall–Kier alpha value is -3.78. The fourth-order valence-corrected chi connectivity index (χ4v) is 4.18. The van der Waals surface area contributed by atoms with Gasteiger partial charge in [0.25, 0.3) is 5.91 Å². The van der Waals surface area contributed by atoms with Crippen molar-refractivity contribution < 1.29 is 26.4 Å². The number of aromatic nitrogens is 6. The minimum Gasteiger partial charge on any atom is -0.320 e. The summed E-state index contributed by atoms with van der Waals surface area (Å²) >= 11 is 6.15. The number of nitrogens with one attached hydrogen (secondary N) is 1. The van der Waals surface area contributed by atoms with Gasteiger partial charge < -0.3 is 5.32 Å². The molecule has 3 aromatic heterocycles. The molecule has 0 aliphatic heterocycles. The topological polar surface area (TPSA) is 125 Å². The molecule has 0 saturated heterocycles. The van der Waals surface area contributed by atoms with Crippen molar-refractivity contribution in [1.82, 2.24) is 29.8 Å². The number of halogens is 4. The number of carbonyl (C=O) groups excluding carboxylic acids is 1. The monoisotopic (exact) mass is 525 g/mol. The molecule has 0 fully saturated rings. The van der Waals surface area contributed by atoms with Crippen LogP contribution in [0.2, 0.25) is 5.02 Å². The van der Waals surface area contributed by atoms with Crippen molar-refractivity contribution in [2.45, 2.75) is 18.0 Å². The second-order valence-corrected chi connectivity index (χ2v) is 9.76. The van der Waals surface area contributed by atoms with Crippen molar-refractivity contribution in [1.29, 1.82) is 0 Å². The number of sulfone groups is 1. The maximum Gasteiger partial charge on any atom is 0.434 e. The number of benzene rings is 1. The Morgan fingerprint density at radius 1 is 1.09 bits per heavy atom. The normalized spacial score (nSPS) is 12.1. The Kier molecular flexibility index (Phi) is 6.11. The largest absolute Gasteiger partial charge is 0.434 e. The van der Waals surface area contributed by atoms with Crippen LogP contribution in [0.4, 0.5) is 18.9 Å². The summed E-state index contributed by atoms with van der Waals surface area (Å²) in [5, 5.41) is 13.9. The van der Waals surface area contributed by atoms with Gasteiger partial charge in [-0.1, -0.05) is 11.6 Å². The third-order valence-electron chi connectivity index (χ3n) is 4.79.